The number of rotatable bonds is 8. The molecule has 0 bridgehead atoms. The van der Waals surface area contributed by atoms with Crippen molar-refractivity contribution in [2.24, 2.45) is 0 Å². The zero-order valence-corrected chi connectivity index (χ0v) is 33.7. The van der Waals surface area contributed by atoms with Crippen molar-refractivity contribution >= 4 is 55.7 Å². The van der Waals surface area contributed by atoms with E-state index in [9.17, 15) is 0 Å². The monoisotopic (exact) mass is 766 g/mol. The molecular weight excluding hydrogens is 725 g/mol. The van der Waals surface area contributed by atoms with Crippen LogP contribution in [0.4, 0.5) is 34.1 Å². The molecule has 0 N–H and O–H groups in total. The van der Waals surface area contributed by atoms with Crippen LogP contribution in [0.25, 0.3) is 66.1 Å². The molecule has 0 aliphatic heterocycles. The molecule has 0 saturated heterocycles. The minimum atomic E-state index is 1.13. The summed E-state index contributed by atoms with van der Waals surface area (Å²) in [6.45, 7) is 4.40. The molecule has 0 unspecified atom stereocenters. The lowest BCUT2D eigenvalue weighted by Crippen LogP contribution is -2.12. The number of hydrogen-bond donors (Lipinski definition) is 0. The third kappa shape index (κ3) is 6.04. The van der Waals surface area contributed by atoms with Gasteiger partial charge in [0.15, 0.2) is 0 Å². The van der Waals surface area contributed by atoms with Crippen LogP contribution in [-0.4, -0.2) is 0 Å². The van der Waals surface area contributed by atoms with Crippen LogP contribution in [0.5, 0.6) is 0 Å². The Hall–Kier alpha value is -7.68. The van der Waals surface area contributed by atoms with Gasteiger partial charge in [0, 0.05) is 33.9 Å². The van der Waals surface area contributed by atoms with E-state index in [4.69, 9.17) is 0 Å². The van der Waals surface area contributed by atoms with E-state index in [0.29, 0.717) is 0 Å². The van der Waals surface area contributed by atoms with Crippen LogP contribution < -0.4 is 9.80 Å². The van der Waals surface area contributed by atoms with Crippen molar-refractivity contribution in [3.05, 3.63) is 230 Å². The molecule has 1 aliphatic carbocycles. The zero-order chi connectivity index (χ0) is 40.2. The van der Waals surface area contributed by atoms with Crippen LogP contribution in [0, 0.1) is 13.8 Å². The Morgan fingerprint density at radius 1 is 0.250 bits per heavy atom. The zero-order valence-electron chi connectivity index (χ0n) is 33.7. The molecule has 1 aliphatic rings. The van der Waals surface area contributed by atoms with Crippen molar-refractivity contribution in [1.29, 1.82) is 0 Å². The van der Waals surface area contributed by atoms with Gasteiger partial charge in [0.2, 0.25) is 0 Å². The molecule has 2 heteroatoms. The molecule has 11 rings (SSSR count). The smallest absolute Gasteiger partial charge is 0.0540 e. The quantitative estimate of drug-likeness (QED) is 0.152. The predicted molar refractivity (Wildman–Crippen MR) is 256 cm³/mol. The van der Waals surface area contributed by atoms with Gasteiger partial charge in [-0.1, -0.05) is 146 Å². The van der Waals surface area contributed by atoms with Crippen LogP contribution in [0.3, 0.4) is 0 Å². The van der Waals surface area contributed by atoms with Gasteiger partial charge < -0.3 is 9.80 Å². The summed E-state index contributed by atoms with van der Waals surface area (Å²) in [5.74, 6) is 0. The standard InChI is InChI=1S/C58H42N2/c1-39-17-9-13-25-55(39)59(57-27-15-11-23-49(57)41-19-5-3-6-20-41)47-31-29-43-35-51-52-36-44-30-32-48(34-46(44)38-54(52)53(51)37-45(43)33-47)60(56-26-14-10-18-40(56)2)58-28-16-12-24-50(58)42-21-7-4-8-22-42/h3-38H,1-2H3. The van der Waals surface area contributed by atoms with E-state index in [1.807, 2.05) is 0 Å². The molecule has 0 atom stereocenters. The summed E-state index contributed by atoms with van der Waals surface area (Å²) in [7, 11) is 0. The third-order valence-electron chi connectivity index (χ3n) is 12.2. The van der Waals surface area contributed by atoms with Crippen LogP contribution in [-0.2, 0) is 0 Å². The highest BCUT2D eigenvalue weighted by atomic mass is 15.2. The molecule has 0 spiro atoms. The molecule has 10 aromatic rings. The van der Waals surface area contributed by atoms with Crippen molar-refractivity contribution in [2.45, 2.75) is 13.8 Å². The Balaban J connectivity index is 1.02. The number of nitrogens with zero attached hydrogens (tertiary/aromatic N) is 2. The largest absolute Gasteiger partial charge is 0.310 e. The highest BCUT2D eigenvalue weighted by molar-refractivity contribution is 6.12. The lowest BCUT2D eigenvalue weighted by atomic mass is 9.78. The summed E-state index contributed by atoms with van der Waals surface area (Å²) >= 11 is 0. The Bertz CT molecular complexity index is 3020. The molecule has 0 amide bonds. The predicted octanol–water partition coefficient (Wildman–Crippen LogP) is 16.5. The van der Waals surface area contributed by atoms with Gasteiger partial charge in [0.1, 0.15) is 0 Å². The first kappa shape index (κ1) is 35.5. The first-order valence-corrected chi connectivity index (χ1v) is 20.8. The third-order valence-corrected chi connectivity index (χ3v) is 12.2. The summed E-state index contributed by atoms with van der Waals surface area (Å²) in [4.78, 5) is 4.85. The normalized spacial score (nSPS) is 11.5. The van der Waals surface area contributed by atoms with Gasteiger partial charge in [0.25, 0.3) is 0 Å². The fraction of sp³-hybridized carbons (Fsp3) is 0.0345. The molecular formula is C58H42N2. The summed E-state index contributed by atoms with van der Waals surface area (Å²) < 4.78 is 0. The Kier molecular flexibility index (Phi) is 8.64. The number of para-hydroxylation sites is 4. The summed E-state index contributed by atoms with van der Waals surface area (Å²) in [6.07, 6.45) is 0. The second-order valence-electron chi connectivity index (χ2n) is 15.9. The average Bonchev–Trinajstić information content (AvgIpc) is 3.30. The minimum absolute atomic E-state index is 1.13. The maximum Gasteiger partial charge on any atom is 0.0540 e. The van der Waals surface area contributed by atoms with Crippen molar-refractivity contribution in [1.82, 2.24) is 0 Å². The van der Waals surface area contributed by atoms with E-state index in [-0.39, 0.29) is 0 Å². The number of aryl methyl sites for hydroxylation is 2. The van der Waals surface area contributed by atoms with Crippen LogP contribution in [0.2, 0.25) is 0 Å². The second-order valence-corrected chi connectivity index (χ2v) is 15.9. The second kappa shape index (κ2) is 14.6. The molecule has 284 valence electrons. The maximum atomic E-state index is 2.43. The van der Waals surface area contributed by atoms with Crippen molar-refractivity contribution in [3.8, 4) is 44.5 Å². The molecule has 2 nitrogen and oxygen atoms in total. The highest BCUT2D eigenvalue weighted by Gasteiger charge is 2.26. The van der Waals surface area contributed by atoms with Gasteiger partial charge in [-0.15, -0.1) is 0 Å². The van der Waals surface area contributed by atoms with E-state index in [2.05, 4.69) is 242 Å². The van der Waals surface area contributed by atoms with Crippen molar-refractivity contribution in [2.75, 3.05) is 9.80 Å². The molecule has 0 fully saturated rings. The van der Waals surface area contributed by atoms with E-state index >= 15 is 0 Å². The van der Waals surface area contributed by atoms with E-state index in [1.54, 1.807) is 0 Å². The van der Waals surface area contributed by atoms with Crippen LogP contribution >= 0.6 is 0 Å². The van der Waals surface area contributed by atoms with Gasteiger partial charge in [-0.25, -0.2) is 0 Å². The SMILES string of the molecule is Cc1ccccc1N(c1ccc2cc3c(cc2c1)-c1cc2cc(N(c4ccccc4C)c4ccccc4-c4ccccc4)ccc2cc1-3)c1ccccc1-c1ccccc1. The molecule has 0 radical (unpaired) electrons. The number of anilines is 6. The lowest BCUT2D eigenvalue weighted by molar-refractivity contribution is 1.25. The highest BCUT2D eigenvalue weighted by Crippen LogP contribution is 2.52. The van der Waals surface area contributed by atoms with Crippen molar-refractivity contribution in [3.63, 3.8) is 0 Å². The summed E-state index contributed by atoms with van der Waals surface area (Å²) in [6, 6.07) is 79.7. The van der Waals surface area contributed by atoms with Gasteiger partial charge in [-0.2, -0.15) is 0 Å². The van der Waals surface area contributed by atoms with Gasteiger partial charge in [-0.05, 0) is 153 Å². The van der Waals surface area contributed by atoms with E-state index in [0.717, 1.165) is 22.7 Å². The Morgan fingerprint density at radius 3 is 0.983 bits per heavy atom. The first-order valence-electron chi connectivity index (χ1n) is 20.8. The molecule has 10 aromatic carbocycles. The fourth-order valence-corrected chi connectivity index (χ4v) is 9.18. The van der Waals surface area contributed by atoms with Crippen molar-refractivity contribution < 1.29 is 0 Å². The number of hydrogen-bond acceptors (Lipinski definition) is 2. The number of fused-ring (bicyclic) bond motifs is 6. The average molecular weight is 767 g/mol. The van der Waals surface area contributed by atoms with Gasteiger partial charge in [-0.3, -0.25) is 0 Å². The maximum absolute atomic E-state index is 2.43. The first-order chi connectivity index (χ1) is 29.6. The van der Waals surface area contributed by atoms with E-state index in [1.165, 1.54) is 88.6 Å². The molecule has 0 heterocycles. The Morgan fingerprint density at radius 2 is 0.583 bits per heavy atom. The van der Waals surface area contributed by atoms with Crippen LogP contribution in [0.1, 0.15) is 11.1 Å². The van der Waals surface area contributed by atoms with E-state index < -0.39 is 0 Å². The lowest BCUT2D eigenvalue weighted by Gasteiger charge is -2.30. The van der Waals surface area contributed by atoms with Gasteiger partial charge >= 0.3 is 0 Å². The summed E-state index contributed by atoms with van der Waals surface area (Å²) in [5.41, 5.74) is 19.4. The molecule has 60 heavy (non-hydrogen) atoms. The van der Waals surface area contributed by atoms with Gasteiger partial charge in [0.05, 0.1) is 11.4 Å². The van der Waals surface area contributed by atoms with Crippen LogP contribution in [0.15, 0.2) is 218 Å². The fourth-order valence-electron chi connectivity index (χ4n) is 9.18. The summed E-state index contributed by atoms with van der Waals surface area (Å²) in [5, 5.41) is 4.94. The molecule has 0 aromatic heterocycles. The molecule has 0 saturated carbocycles. The minimum Gasteiger partial charge on any atom is -0.310 e. The number of benzene rings is 10. The topological polar surface area (TPSA) is 6.48 Å². The Labute approximate surface area is 351 Å².